The van der Waals surface area contributed by atoms with E-state index in [0.717, 1.165) is 37.2 Å². The fraction of sp³-hybridized carbons (Fsp3) is 0.412. The van der Waals surface area contributed by atoms with Crippen LogP contribution in [0, 0.1) is 6.92 Å². The smallest absolute Gasteiger partial charge is 0.274 e. The molecule has 0 saturated carbocycles. The third-order valence-electron chi connectivity index (χ3n) is 4.27. The minimum absolute atomic E-state index is 0. The number of benzene rings is 1. The van der Waals surface area contributed by atoms with Gasteiger partial charge in [0.2, 0.25) is 0 Å². The lowest BCUT2D eigenvalue weighted by molar-refractivity contribution is 0.0617. The van der Waals surface area contributed by atoms with Crippen LogP contribution in [-0.4, -0.2) is 39.7 Å². The largest absolute Gasteiger partial charge is 0.333 e. The average molecular weight is 335 g/mol. The highest BCUT2D eigenvalue weighted by molar-refractivity contribution is 5.92. The molecule has 1 saturated heterocycles. The highest BCUT2D eigenvalue weighted by Gasteiger charge is 2.28. The fourth-order valence-electron chi connectivity index (χ4n) is 3.07. The second kappa shape index (κ2) is 7.62. The Bertz CT molecular complexity index is 656. The van der Waals surface area contributed by atoms with Crippen molar-refractivity contribution in [3.8, 4) is 5.69 Å². The van der Waals surface area contributed by atoms with Crippen LogP contribution >= 0.6 is 12.4 Å². The molecule has 1 unspecified atom stereocenters. The first kappa shape index (κ1) is 17.5. The Morgan fingerprint density at radius 1 is 1.30 bits per heavy atom. The predicted molar refractivity (Wildman–Crippen MR) is 93.3 cm³/mol. The maximum absolute atomic E-state index is 12.8. The summed E-state index contributed by atoms with van der Waals surface area (Å²) in [5.41, 5.74) is 8.24. The second-order valence-corrected chi connectivity index (χ2v) is 5.80. The van der Waals surface area contributed by atoms with Crippen LogP contribution in [0.2, 0.25) is 0 Å². The average Bonchev–Trinajstić information content (AvgIpc) is 2.97. The van der Waals surface area contributed by atoms with Crippen LogP contribution in [0.4, 0.5) is 0 Å². The Hall–Kier alpha value is -1.85. The van der Waals surface area contributed by atoms with E-state index in [2.05, 4.69) is 5.10 Å². The van der Waals surface area contributed by atoms with Gasteiger partial charge in [-0.15, -0.1) is 12.4 Å². The van der Waals surface area contributed by atoms with Crippen LogP contribution in [0.15, 0.2) is 36.4 Å². The molecular weight excluding hydrogens is 312 g/mol. The molecule has 23 heavy (non-hydrogen) atoms. The van der Waals surface area contributed by atoms with Gasteiger partial charge in [-0.2, -0.15) is 5.10 Å². The topological polar surface area (TPSA) is 64.2 Å². The molecule has 0 bridgehead atoms. The molecule has 2 heterocycles. The number of nitrogens with zero attached hydrogens (tertiary/aromatic N) is 3. The summed E-state index contributed by atoms with van der Waals surface area (Å²) in [6.07, 6.45) is 3.17. The number of para-hydroxylation sites is 1. The maximum atomic E-state index is 12.8. The van der Waals surface area contributed by atoms with Gasteiger partial charge in [-0.25, -0.2) is 4.68 Å². The summed E-state index contributed by atoms with van der Waals surface area (Å²) >= 11 is 0. The number of rotatable bonds is 3. The SMILES string of the molecule is Cc1cc(C(=O)N2CCCCC2CN)nn1-c1ccccc1.Cl. The molecule has 1 fully saturated rings. The number of likely N-dealkylation sites (tertiary alicyclic amines) is 1. The second-order valence-electron chi connectivity index (χ2n) is 5.80. The molecule has 3 rings (SSSR count). The summed E-state index contributed by atoms with van der Waals surface area (Å²) < 4.78 is 1.81. The molecule has 0 aliphatic carbocycles. The fourth-order valence-corrected chi connectivity index (χ4v) is 3.07. The first-order chi connectivity index (χ1) is 10.7. The number of hydrogen-bond acceptors (Lipinski definition) is 3. The van der Waals surface area contributed by atoms with Gasteiger partial charge in [0.25, 0.3) is 5.91 Å². The summed E-state index contributed by atoms with van der Waals surface area (Å²) in [6, 6.07) is 11.9. The van der Waals surface area contributed by atoms with Crippen molar-refractivity contribution in [3.63, 3.8) is 0 Å². The minimum Gasteiger partial charge on any atom is -0.333 e. The third-order valence-corrected chi connectivity index (χ3v) is 4.27. The zero-order valence-electron chi connectivity index (χ0n) is 13.3. The van der Waals surface area contributed by atoms with E-state index in [0.29, 0.717) is 12.2 Å². The van der Waals surface area contributed by atoms with Crippen molar-refractivity contribution in [1.82, 2.24) is 14.7 Å². The van der Waals surface area contributed by atoms with E-state index < -0.39 is 0 Å². The van der Waals surface area contributed by atoms with E-state index in [1.807, 2.05) is 52.9 Å². The number of aryl methyl sites for hydroxylation is 1. The van der Waals surface area contributed by atoms with Gasteiger partial charge >= 0.3 is 0 Å². The first-order valence-electron chi connectivity index (χ1n) is 7.84. The Morgan fingerprint density at radius 2 is 2.04 bits per heavy atom. The molecule has 1 aliphatic rings. The minimum atomic E-state index is -0.00655. The molecule has 1 amide bonds. The van der Waals surface area contributed by atoms with Crippen LogP contribution in [0.3, 0.4) is 0 Å². The Labute approximate surface area is 142 Å². The monoisotopic (exact) mass is 334 g/mol. The van der Waals surface area contributed by atoms with Gasteiger partial charge < -0.3 is 10.6 Å². The van der Waals surface area contributed by atoms with Crippen molar-refractivity contribution in [1.29, 1.82) is 0 Å². The summed E-state index contributed by atoms with van der Waals surface area (Å²) in [7, 11) is 0. The number of nitrogens with two attached hydrogens (primary N) is 1. The molecule has 0 radical (unpaired) electrons. The standard InChI is InChI=1S/C17H22N4O.ClH/c1-13-11-16(19-21(13)14-7-3-2-4-8-14)17(22)20-10-6-5-9-15(20)12-18;/h2-4,7-8,11,15H,5-6,9-10,12,18H2,1H3;1H. The summed E-state index contributed by atoms with van der Waals surface area (Å²) in [6.45, 7) is 3.26. The van der Waals surface area contributed by atoms with Crippen LogP contribution < -0.4 is 5.73 Å². The molecule has 1 atom stereocenters. The molecule has 2 N–H and O–H groups in total. The quantitative estimate of drug-likeness (QED) is 0.938. The highest BCUT2D eigenvalue weighted by atomic mass is 35.5. The Kier molecular flexibility index (Phi) is 5.80. The Morgan fingerprint density at radius 3 is 2.74 bits per heavy atom. The normalized spacial score (nSPS) is 17.7. The molecule has 1 aliphatic heterocycles. The molecular formula is C17H23ClN4O. The van der Waals surface area contributed by atoms with E-state index >= 15 is 0 Å². The molecule has 1 aromatic heterocycles. The number of halogens is 1. The van der Waals surface area contributed by atoms with Gasteiger partial charge in [0.05, 0.1) is 5.69 Å². The Balaban J connectivity index is 0.00000192. The van der Waals surface area contributed by atoms with Crippen molar-refractivity contribution in [3.05, 3.63) is 47.8 Å². The van der Waals surface area contributed by atoms with Gasteiger partial charge in [0.15, 0.2) is 5.69 Å². The summed E-state index contributed by atoms with van der Waals surface area (Å²) in [5, 5.41) is 4.51. The van der Waals surface area contributed by atoms with Crippen molar-refractivity contribution < 1.29 is 4.79 Å². The van der Waals surface area contributed by atoms with Gasteiger partial charge in [-0.1, -0.05) is 18.2 Å². The zero-order chi connectivity index (χ0) is 15.5. The van der Waals surface area contributed by atoms with E-state index in [-0.39, 0.29) is 24.4 Å². The number of aromatic nitrogens is 2. The van der Waals surface area contributed by atoms with Crippen molar-refractivity contribution in [2.45, 2.75) is 32.2 Å². The molecule has 2 aromatic rings. The van der Waals surface area contributed by atoms with Crippen molar-refractivity contribution in [2.75, 3.05) is 13.1 Å². The van der Waals surface area contributed by atoms with Crippen LogP contribution in [0.25, 0.3) is 5.69 Å². The molecule has 0 spiro atoms. The maximum Gasteiger partial charge on any atom is 0.274 e. The predicted octanol–water partition coefficient (Wildman–Crippen LogP) is 2.56. The lowest BCUT2D eigenvalue weighted by Gasteiger charge is -2.34. The molecule has 1 aromatic carbocycles. The number of carbonyl (C=O) groups is 1. The van der Waals surface area contributed by atoms with E-state index in [9.17, 15) is 4.79 Å². The van der Waals surface area contributed by atoms with Crippen LogP contribution in [0.1, 0.15) is 35.4 Å². The lowest BCUT2D eigenvalue weighted by Crippen LogP contribution is -2.47. The van der Waals surface area contributed by atoms with Gasteiger partial charge in [-0.3, -0.25) is 4.79 Å². The van der Waals surface area contributed by atoms with E-state index in [1.54, 1.807) is 0 Å². The van der Waals surface area contributed by atoms with Crippen LogP contribution in [-0.2, 0) is 0 Å². The summed E-state index contributed by atoms with van der Waals surface area (Å²) in [4.78, 5) is 14.6. The number of piperidine rings is 1. The molecule has 124 valence electrons. The number of carbonyl (C=O) groups excluding carboxylic acids is 1. The van der Waals surface area contributed by atoms with Gasteiger partial charge in [0.1, 0.15) is 0 Å². The van der Waals surface area contributed by atoms with E-state index in [4.69, 9.17) is 5.73 Å². The third kappa shape index (κ3) is 3.57. The summed E-state index contributed by atoms with van der Waals surface area (Å²) in [5.74, 6) is -0.00655. The van der Waals surface area contributed by atoms with E-state index in [1.165, 1.54) is 0 Å². The van der Waals surface area contributed by atoms with Crippen molar-refractivity contribution >= 4 is 18.3 Å². The number of hydrogen-bond donors (Lipinski definition) is 1. The van der Waals surface area contributed by atoms with Gasteiger partial charge in [-0.05, 0) is 44.4 Å². The number of amides is 1. The lowest BCUT2D eigenvalue weighted by atomic mass is 10.0. The van der Waals surface area contributed by atoms with Crippen LogP contribution in [0.5, 0.6) is 0 Å². The first-order valence-corrected chi connectivity index (χ1v) is 7.84. The zero-order valence-corrected chi connectivity index (χ0v) is 14.1. The molecule has 6 heteroatoms. The van der Waals surface area contributed by atoms with Gasteiger partial charge in [0, 0.05) is 24.8 Å². The highest BCUT2D eigenvalue weighted by Crippen LogP contribution is 2.20. The van der Waals surface area contributed by atoms with Crippen molar-refractivity contribution in [2.24, 2.45) is 5.73 Å². The molecule has 5 nitrogen and oxygen atoms in total.